The zero-order chi connectivity index (χ0) is 28.3. The summed E-state index contributed by atoms with van der Waals surface area (Å²) >= 11 is 0. The number of H-pyrrole nitrogens is 1. The summed E-state index contributed by atoms with van der Waals surface area (Å²) in [5, 5.41) is 3.30. The van der Waals surface area contributed by atoms with Crippen molar-refractivity contribution in [1.29, 1.82) is 0 Å². The Morgan fingerprint density at radius 2 is 1.35 bits per heavy atom. The number of nitrogens with zero attached hydrogens (tertiary/aromatic N) is 7. The molecule has 2 fully saturated rings. The van der Waals surface area contributed by atoms with Crippen LogP contribution in [-0.2, 0) is 0 Å². The lowest BCUT2D eigenvalue weighted by molar-refractivity contribution is 0.0552. The summed E-state index contributed by atoms with van der Waals surface area (Å²) in [6.45, 7) is 19.5. The maximum absolute atomic E-state index is 13.5. The van der Waals surface area contributed by atoms with Crippen molar-refractivity contribution in [2.75, 3.05) is 89.6 Å². The molecule has 4 N–H and O–H groups in total. The van der Waals surface area contributed by atoms with Crippen molar-refractivity contribution in [2.24, 2.45) is 0 Å². The molecule has 1 atom stereocenters. The van der Waals surface area contributed by atoms with E-state index >= 15 is 0 Å². The molecule has 0 amide bonds. The Balaban J connectivity index is 1.49. The van der Waals surface area contributed by atoms with Gasteiger partial charge in [0.15, 0.2) is 11.5 Å². The number of hydrogen-bond donors (Lipinski definition) is 3. The molecule has 2 aromatic rings. The molecular weight excluding hydrogens is 504 g/mol. The van der Waals surface area contributed by atoms with E-state index in [0.717, 1.165) is 97.7 Å². The largest absolute Gasteiger partial charge is 0.382 e. The lowest BCUT2D eigenvalue weighted by Gasteiger charge is -2.40. The van der Waals surface area contributed by atoms with E-state index in [1.165, 1.54) is 32.2 Å². The fraction of sp³-hybridized carbons (Fsp3) is 0.828. The Bertz CT molecular complexity index is 1070. The first-order valence-corrected chi connectivity index (χ1v) is 16.0. The first-order valence-electron chi connectivity index (χ1n) is 16.0. The number of piperazine rings is 2. The van der Waals surface area contributed by atoms with Crippen LogP contribution in [0.5, 0.6) is 0 Å². The molecular formula is C29H54N10O. The van der Waals surface area contributed by atoms with Gasteiger partial charge in [-0.05, 0) is 51.7 Å². The molecule has 0 saturated carbocycles. The number of imidazole rings is 1. The molecule has 4 rings (SSSR count). The van der Waals surface area contributed by atoms with E-state index in [1.54, 1.807) is 0 Å². The third-order valence-electron chi connectivity index (χ3n) is 8.59. The minimum Gasteiger partial charge on any atom is -0.382 e. The third kappa shape index (κ3) is 8.18. The van der Waals surface area contributed by atoms with Gasteiger partial charge < -0.3 is 30.7 Å². The van der Waals surface area contributed by atoms with Crippen LogP contribution in [0.3, 0.4) is 0 Å². The van der Waals surface area contributed by atoms with Gasteiger partial charge >= 0.3 is 5.69 Å². The number of nitrogen functional groups attached to an aromatic ring is 1. The van der Waals surface area contributed by atoms with Crippen molar-refractivity contribution in [3.8, 4) is 0 Å². The normalized spacial score (nSPS) is 19.0. The van der Waals surface area contributed by atoms with E-state index in [-0.39, 0.29) is 11.9 Å². The van der Waals surface area contributed by atoms with Crippen LogP contribution in [0.1, 0.15) is 78.3 Å². The Labute approximate surface area is 240 Å². The summed E-state index contributed by atoms with van der Waals surface area (Å²) in [4.78, 5) is 35.9. The number of unbranched alkanes of at least 4 members (excludes halogenated alkanes) is 3. The van der Waals surface area contributed by atoms with Crippen molar-refractivity contribution < 1.29 is 0 Å². The highest BCUT2D eigenvalue weighted by Crippen LogP contribution is 2.26. The topological polar surface area (TPSA) is 115 Å². The number of nitrogens with one attached hydrogen (secondary N) is 2. The molecule has 0 bridgehead atoms. The molecule has 2 aliphatic heterocycles. The average Bonchev–Trinajstić information content (AvgIpc) is 3.30. The lowest BCUT2D eigenvalue weighted by atomic mass is 10.1. The summed E-state index contributed by atoms with van der Waals surface area (Å²) < 4.78 is 1.86. The average molecular weight is 559 g/mol. The van der Waals surface area contributed by atoms with Crippen LogP contribution in [0.15, 0.2) is 4.79 Å². The van der Waals surface area contributed by atoms with Gasteiger partial charge in [0.25, 0.3) is 0 Å². The maximum Gasteiger partial charge on any atom is 0.329 e. The second kappa shape index (κ2) is 15.7. The summed E-state index contributed by atoms with van der Waals surface area (Å²) in [5.74, 6) is 0.819. The van der Waals surface area contributed by atoms with Crippen LogP contribution in [0.25, 0.3) is 11.2 Å². The van der Waals surface area contributed by atoms with Crippen molar-refractivity contribution >= 4 is 22.9 Å². The quantitative estimate of drug-likeness (QED) is 0.268. The fourth-order valence-electron chi connectivity index (χ4n) is 6.01. The van der Waals surface area contributed by atoms with E-state index < -0.39 is 0 Å². The van der Waals surface area contributed by atoms with E-state index in [1.807, 2.05) is 4.57 Å². The first kappa shape index (κ1) is 30.7. The van der Waals surface area contributed by atoms with Gasteiger partial charge in [0.2, 0.25) is 5.95 Å². The SMILES string of the molecule is CCCCNc1nc(N)c2[nH]c(=O)n(C(CCCN3CCN(CCCC)CC3)N3CCN(CCCC)CC3)c2n1. The standard InChI is InChI=1S/C29H54N10O/c1-4-7-12-31-28-33-26(30)25-27(34-28)39(29(40)32-25)24(38-22-20-36(21-23-38)14-9-6-3)11-10-15-37-18-16-35(17-19-37)13-8-5-2/h24H,4-23H2,1-3H3,(H,32,40)(H3,30,31,33,34). The number of rotatable bonds is 16. The van der Waals surface area contributed by atoms with Gasteiger partial charge in [-0.25, -0.2) is 4.79 Å². The van der Waals surface area contributed by atoms with E-state index in [2.05, 4.69) is 55.7 Å². The number of fused-ring (bicyclic) bond motifs is 1. The number of aromatic nitrogens is 4. The van der Waals surface area contributed by atoms with Crippen LogP contribution in [0, 0.1) is 0 Å². The molecule has 11 heteroatoms. The molecule has 2 aromatic heterocycles. The van der Waals surface area contributed by atoms with Crippen LogP contribution >= 0.6 is 0 Å². The zero-order valence-electron chi connectivity index (χ0n) is 25.3. The third-order valence-corrected chi connectivity index (χ3v) is 8.59. The predicted molar refractivity (Wildman–Crippen MR) is 165 cm³/mol. The molecule has 40 heavy (non-hydrogen) atoms. The van der Waals surface area contributed by atoms with Crippen molar-refractivity contribution in [3.05, 3.63) is 10.5 Å². The molecule has 0 radical (unpaired) electrons. The molecule has 0 spiro atoms. The van der Waals surface area contributed by atoms with Crippen molar-refractivity contribution in [2.45, 2.75) is 78.3 Å². The van der Waals surface area contributed by atoms with Gasteiger partial charge in [-0.15, -0.1) is 0 Å². The van der Waals surface area contributed by atoms with E-state index in [9.17, 15) is 4.79 Å². The van der Waals surface area contributed by atoms with Gasteiger partial charge in [-0.2, -0.15) is 9.97 Å². The van der Waals surface area contributed by atoms with Gasteiger partial charge in [0.1, 0.15) is 5.52 Å². The van der Waals surface area contributed by atoms with Gasteiger partial charge in [0.05, 0.1) is 6.17 Å². The number of nitrogens with two attached hydrogens (primary N) is 1. The first-order chi connectivity index (χ1) is 19.5. The van der Waals surface area contributed by atoms with Crippen molar-refractivity contribution in [3.63, 3.8) is 0 Å². The maximum atomic E-state index is 13.5. The van der Waals surface area contributed by atoms with E-state index in [4.69, 9.17) is 10.7 Å². The second-order valence-electron chi connectivity index (χ2n) is 11.6. The Morgan fingerprint density at radius 3 is 1.93 bits per heavy atom. The molecule has 2 aliphatic rings. The van der Waals surface area contributed by atoms with Crippen LogP contribution in [-0.4, -0.2) is 118 Å². The molecule has 11 nitrogen and oxygen atoms in total. The summed E-state index contributed by atoms with van der Waals surface area (Å²) in [7, 11) is 0. The predicted octanol–water partition coefficient (Wildman–Crippen LogP) is 3.03. The molecule has 0 aromatic carbocycles. The summed E-state index contributed by atoms with van der Waals surface area (Å²) in [5.41, 5.74) is 7.33. The number of anilines is 2. The van der Waals surface area contributed by atoms with Gasteiger partial charge in [-0.3, -0.25) is 9.47 Å². The Kier molecular flexibility index (Phi) is 12.1. The molecule has 0 aliphatic carbocycles. The number of aromatic amines is 1. The second-order valence-corrected chi connectivity index (χ2v) is 11.6. The molecule has 2 saturated heterocycles. The summed E-state index contributed by atoms with van der Waals surface area (Å²) in [6, 6.07) is 0. The lowest BCUT2D eigenvalue weighted by Crippen LogP contribution is -2.50. The molecule has 4 heterocycles. The van der Waals surface area contributed by atoms with Crippen LogP contribution in [0.4, 0.5) is 11.8 Å². The number of hydrogen-bond acceptors (Lipinski definition) is 9. The molecule has 1 unspecified atom stereocenters. The molecule has 226 valence electrons. The highest BCUT2D eigenvalue weighted by molar-refractivity contribution is 5.82. The monoisotopic (exact) mass is 558 g/mol. The summed E-state index contributed by atoms with van der Waals surface area (Å²) in [6.07, 6.45) is 9.00. The fourth-order valence-corrected chi connectivity index (χ4v) is 6.01. The van der Waals surface area contributed by atoms with Crippen molar-refractivity contribution in [1.82, 2.24) is 39.1 Å². The van der Waals surface area contributed by atoms with Crippen LogP contribution in [0.2, 0.25) is 0 Å². The Hall–Kier alpha value is -2.21. The minimum absolute atomic E-state index is 0.0572. The van der Waals surface area contributed by atoms with Gasteiger partial charge in [-0.1, -0.05) is 40.0 Å². The smallest absolute Gasteiger partial charge is 0.329 e. The highest BCUT2D eigenvalue weighted by Gasteiger charge is 2.29. The van der Waals surface area contributed by atoms with Gasteiger partial charge in [0, 0.05) is 58.9 Å². The minimum atomic E-state index is -0.148. The van der Waals surface area contributed by atoms with E-state index in [0.29, 0.717) is 22.9 Å². The van der Waals surface area contributed by atoms with Crippen LogP contribution < -0.4 is 16.7 Å². The zero-order valence-corrected chi connectivity index (χ0v) is 25.3. The highest BCUT2D eigenvalue weighted by atomic mass is 16.1. The Morgan fingerprint density at radius 1 is 0.800 bits per heavy atom.